The molecule has 1 unspecified atom stereocenters. The number of aryl methyl sites for hydroxylation is 1. The number of sulfonamides is 1. The Kier molecular flexibility index (Phi) is 5.64. The van der Waals surface area contributed by atoms with Crippen LogP contribution < -0.4 is 0 Å². The van der Waals surface area contributed by atoms with Crippen molar-refractivity contribution in [2.24, 2.45) is 5.10 Å². The molecule has 0 saturated carbocycles. The van der Waals surface area contributed by atoms with E-state index in [1.165, 1.54) is 4.41 Å². The lowest BCUT2D eigenvalue weighted by Crippen LogP contribution is -2.27. The van der Waals surface area contributed by atoms with Crippen LogP contribution in [0.2, 0.25) is 0 Å². The lowest BCUT2D eigenvalue weighted by molar-refractivity contribution is 0.371. The molecule has 3 aromatic rings. The third kappa shape index (κ3) is 4.17. The highest BCUT2D eigenvalue weighted by molar-refractivity contribution is 9.10. The first-order valence-corrected chi connectivity index (χ1v) is 12.1. The Morgan fingerprint density at radius 2 is 1.41 bits per heavy atom. The normalized spacial score (nSPS) is 16.7. The van der Waals surface area contributed by atoms with Crippen LogP contribution in [0.4, 0.5) is 0 Å². The molecule has 0 aliphatic carbocycles. The predicted octanol–water partition coefficient (Wildman–Crippen LogP) is 6.06. The smallest absolute Gasteiger partial charge is 0.200 e. The van der Waals surface area contributed by atoms with E-state index in [-0.39, 0.29) is 4.90 Å². The summed E-state index contributed by atoms with van der Waals surface area (Å²) in [6, 6.07) is 22.0. The van der Waals surface area contributed by atoms with Crippen molar-refractivity contribution in [2.45, 2.75) is 24.3 Å². The standard InChI is InChI=1S/C22H18Br2N2O2S/c1-15-2-12-20(13-3-15)29(27,28)26-22(17-6-10-19(24)11-7-17)14-21(25-26)16-4-8-18(23)9-5-16/h2-13,22H,14H2,1H3. The fraction of sp³-hybridized carbons (Fsp3) is 0.136. The molecule has 29 heavy (non-hydrogen) atoms. The predicted molar refractivity (Wildman–Crippen MR) is 122 cm³/mol. The van der Waals surface area contributed by atoms with Crippen LogP contribution in [0, 0.1) is 6.92 Å². The molecule has 1 atom stereocenters. The molecule has 4 rings (SSSR count). The van der Waals surface area contributed by atoms with E-state index < -0.39 is 16.1 Å². The molecular weight excluding hydrogens is 516 g/mol. The van der Waals surface area contributed by atoms with Crippen LogP contribution in [0.1, 0.15) is 29.2 Å². The molecule has 0 fully saturated rings. The van der Waals surface area contributed by atoms with Gasteiger partial charge in [-0.2, -0.15) is 17.9 Å². The molecule has 0 aromatic heterocycles. The van der Waals surface area contributed by atoms with Crippen LogP contribution in [0.15, 0.2) is 91.7 Å². The van der Waals surface area contributed by atoms with Crippen molar-refractivity contribution in [3.63, 3.8) is 0 Å². The van der Waals surface area contributed by atoms with Gasteiger partial charge in [0.15, 0.2) is 0 Å². The van der Waals surface area contributed by atoms with Crippen LogP contribution in [0.3, 0.4) is 0 Å². The maximum atomic E-state index is 13.4. The second kappa shape index (κ2) is 8.05. The van der Waals surface area contributed by atoms with Gasteiger partial charge >= 0.3 is 0 Å². The van der Waals surface area contributed by atoms with Gasteiger partial charge in [0.1, 0.15) is 0 Å². The van der Waals surface area contributed by atoms with Crippen molar-refractivity contribution in [2.75, 3.05) is 0 Å². The van der Waals surface area contributed by atoms with Gasteiger partial charge in [0.2, 0.25) is 0 Å². The van der Waals surface area contributed by atoms with E-state index in [9.17, 15) is 8.42 Å². The lowest BCUT2D eigenvalue weighted by Gasteiger charge is -2.23. The summed E-state index contributed by atoms with van der Waals surface area (Å²) >= 11 is 6.88. The van der Waals surface area contributed by atoms with Crippen molar-refractivity contribution in [3.05, 3.63) is 98.4 Å². The van der Waals surface area contributed by atoms with Crippen LogP contribution in [0.25, 0.3) is 0 Å². The number of benzene rings is 3. The van der Waals surface area contributed by atoms with Crippen LogP contribution in [0.5, 0.6) is 0 Å². The lowest BCUT2D eigenvalue weighted by atomic mass is 9.99. The second-order valence-corrected chi connectivity index (χ2v) is 10.5. The molecule has 7 heteroatoms. The van der Waals surface area contributed by atoms with Gasteiger partial charge < -0.3 is 0 Å². The Morgan fingerprint density at radius 3 is 2.00 bits per heavy atom. The molecule has 4 nitrogen and oxygen atoms in total. The van der Waals surface area contributed by atoms with Crippen molar-refractivity contribution < 1.29 is 8.42 Å². The van der Waals surface area contributed by atoms with E-state index >= 15 is 0 Å². The van der Waals surface area contributed by atoms with Crippen molar-refractivity contribution >= 4 is 47.6 Å². The van der Waals surface area contributed by atoms with E-state index in [2.05, 4.69) is 37.0 Å². The van der Waals surface area contributed by atoms with E-state index in [4.69, 9.17) is 0 Å². The molecule has 0 bridgehead atoms. The fourth-order valence-corrected chi connectivity index (χ4v) is 5.24. The number of hydrogen-bond acceptors (Lipinski definition) is 3. The summed E-state index contributed by atoms with van der Waals surface area (Å²) in [5, 5.41) is 4.57. The monoisotopic (exact) mass is 532 g/mol. The van der Waals surface area contributed by atoms with Crippen LogP contribution in [-0.4, -0.2) is 18.5 Å². The summed E-state index contributed by atoms with van der Waals surface area (Å²) in [6.07, 6.45) is 0.508. The second-order valence-electron chi connectivity index (χ2n) is 6.92. The molecule has 0 N–H and O–H groups in total. The van der Waals surface area contributed by atoms with Gasteiger partial charge in [-0.25, -0.2) is 0 Å². The first-order valence-electron chi connectivity index (χ1n) is 9.04. The molecule has 0 amide bonds. The first-order chi connectivity index (χ1) is 13.8. The summed E-state index contributed by atoms with van der Waals surface area (Å²) in [6.45, 7) is 1.93. The van der Waals surface area contributed by atoms with Crippen molar-refractivity contribution in [3.8, 4) is 0 Å². The Labute approximate surface area is 187 Å². The molecule has 1 aliphatic heterocycles. The van der Waals surface area contributed by atoms with Gasteiger partial charge in [-0.05, 0) is 54.4 Å². The van der Waals surface area contributed by atoms with Gasteiger partial charge in [0, 0.05) is 15.4 Å². The summed E-state index contributed by atoms with van der Waals surface area (Å²) in [4.78, 5) is 0.242. The minimum absolute atomic E-state index is 0.242. The van der Waals surface area contributed by atoms with E-state index in [1.54, 1.807) is 24.3 Å². The van der Waals surface area contributed by atoms with E-state index in [0.29, 0.717) is 6.42 Å². The van der Waals surface area contributed by atoms with Crippen LogP contribution in [-0.2, 0) is 10.0 Å². The van der Waals surface area contributed by atoms with E-state index in [0.717, 1.165) is 31.3 Å². The third-order valence-electron chi connectivity index (χ3n) is 4.87. The van der Waals surface area contributed by atoms with Crippen LogP contribution >= 0.6 is 31.9 Å². The molecule has 1 heterocycles. The molecule has 148 valence electrons. The Balaban J connectivity index is 1.79. The van der Waals surface area contributed by atoms with E-state index in [1.807, 2.05) is 55.5 Å². The van der Waals surface area contributed by atoms with Gasteiger partial charge in [0.25, 0.3) is 10.0 Å². The topological polar surface area (TPSA) is 49.7 Å². The van der Waals surface area contributed by atoms with Crippen molar-refractivity contribution in [1.29, 1.82) is 0 Å². The molecule has 3 aromatic carbocycles. The summed E-state index contributed by atoms with van der Waals surface area (Å²) < 4.78 is 30.0. The third-order valence-corrected chi connectivity index (χ3v) is 7.62. The Hall–Kier alpha value is -1.96. The van der Waals surface area contributed by atoms with Crippen molar-refractivity contribution in [1.82, 2.24) is 4.41 Å². The maximum absolute atomic E-state index is 13.4. The summed E-state index contributed by atoms with van der Waals surface area (Å²) in [5.74, 6) is 0. The Bertz CT molecular complexity index is 1160. The largest absolute Gasteiger partial charge is 0.279 e. The summed E-state index contributed by atoms with van der Waals surface area (Å²) in [7, 11) is -3.79. The zero-order valence-electron chi connectivity index (χ0n) is 15.6. The fourth-order valence-electron chi connectivity index (χ4n) is 3.28. The van der Waals surface area contributed by atoms with Gasteiger partial charge in [-0.15, -0.1) is 0 Å². The number of halogens is 2. The average Bonchev–Trinajstić information content (AvgIpc) is 3.16. The molecular formula is C22H18Br2N2O2S. The average molecular weight is 534 g/mol. The zero-order chi connectivity index (χ0) is 20.6. The number of hydrogen-bond donors (Lipinski definition) is 0. The summed E-state index contributed by atoms with van der Waals surface area (Å²) in [5.41, 5.74) is 3.58. The molecule has 0 radical (unpaired) electrons. The number of nitrogens with zero attached hydrogens (tertiary/aromatic N) is 2. The quantitative estimate of drug-likeness (QED) is 0.409. The first kappa shape index (κ1) is 20.3. The minimum atomic E-state index is -3.79. The van der Waals surface area contributed by atoms with Gasteiger partial charge in [0.05, 0.1) is 16.6 Å². The van der Waals surface area contributed by atoms with Gasteiger partial charge in [-0.3, -0.25) is 0 Å². The SMILES string of the molecule is Cc1ccc(S(=O)(=O)N2N=C(c3ccc(Br)cc3)CC2c2ccc(Br)cc2)cc1. The minimum Gasteiger partial charge on any atom is -0.200 e. The van der Waals surface area contributed by atoms with Gasteiger partial charge in [-0.1, -0.05) is 73.8 Å². The maximum Gasteiger partial charge on any atom is 0.279 e. The molecule has 0 spiro atoms. The zero-order valence-corrected chi connectivity index (χ0v) is 19.6. The molecule has 0 saturated heterocycles. The molecule has 1 aliphatic rings. The highest BCUT2D eigenvalue weighted by atomic mass is 79.9. The highest BCUT2D eigenvalue weighted by Crippen LogP contribution is 2.37. The highest BCUT2D eigenvalue weighted by Gasteiger charge is 2.37. The number of hydrazone groups is 1. The number of rotatable bonds is 4. The Morgan fingerprint density at radius 1 is 0.862 bits per heavy atom.